The second kappa shape index (κ2) is 6.51. The predicted molar refractivity (Wildman–Crippen MR) is 94.5 cm³/mol. The van der Waals surface area contributed by atoms with Gasteiger partial charge in [-0.05, 0) is 24.6 Å². The maximum absolute atomic E-state index is 12.5. The number of fused-ring (bicyclic) bond motifs is 1. The minimum atomic E-state index is 0.187. The molecule has 3 heterocycles. The normalized spacial score (nSPS) is 14.9. The van der Waals surface area contributed by atoms with E-state index >= 15 is 0 Å². The topological polar surface area (TPSA) is 66.6 Å². The highest BCUT2D eigenvalue weighted by Crippen LogP contribution is 2.15. The fourth-order valence-corrected chi connectivity index (χ4v) is 3.18. The van der Waals surface area contributed by atoms with Gasteiger partial charge in [0.05, 0.1) is 6.42 Å². The number of carbonyl (C=O) groups is 1. The Labute approximate surface area is 145 Å². The molecule has 4 rings (SSSR count). The SMILES string of the molecule is Cc1cccc(CC(=O)N2CCN(c3ccc4nncn4n3)CC2)c1. The molecule has 3 aromatic rings. The van der Waals surface area contributed by atoms with Crippen molar-refractivity contribution in [2.24, 2.45) is 0 Å². The van der Waals surface area contributed by atoms with Crippen LogP contribution in [0.25, 0.3) is 5.65 Å². The molecule has 0 N–H and O–H groups in total. The Kier molecular flexibility index (Phi) is 4.05. The first-order chi connectivity index (χ1) is 12.2. The Morgan fingerprint density at radius 2 is 1.96 bits per heavy atom. The Balaban J connectivity index is 1.38. The number of aromatic nitrogens is 4. The summed E-state index contributed by atoms with van der Waals surface area (Å²) in [5.74, 6) is 1.07. The maximum atomic E-state index is 12.5. The quantitative estimate of drug-likeness (QED) is 0.722. The number of hydrogen-bond acceptors (Lipinski definition) is 5. The van der Waals surface area contributed by atoms with Crippen LogP contribution in [0.1, 0.15) is 11.1 Å². The molecule has 7 heteroatoms. The largest absolute Gasteiger partial charge is 0.352 e. The van der Waals surface area contributed by atoms with E-state index in [0.29, 0.717) is 19.5 Å². The highest BCUT2D eigenvalue weighted by molar-refractivity contribution is 5.79. The second-order valence-electron chi connectivity index (χ2n) is 6.36. The summed E-state index contributed by atoms with van der Waals surface area (Å²) in [6.45, 7) is 5.03. The van der Waals surface area contributed by atoms with Crippen molar-refractivity contribution in [3.05, 3.63) is 53.9 Å². The molecule has 1 fully saturated rings. The highest BCUT2D eigenvalue weighted by Gasteiger charge is 2.22. The standard InChI is InChI=1S/C18H20N6O/c1-14-3-2-4-15(11-14)12-18(25)23-9-7-22(8-10-23)17-6-5-16-20-19-13-24(16)21-17/h2-6,11,13H,7-10,12H2,1H3. The average Bonchev–Trinajstić information content (AvgIpc) is 3.09. The number of nitrogens with zero attached hydrogens (tertiary/aromatic N) is 6. The molecule has 1 aliphatic rings. The summed E-state index contributed by atoms with van der Waals surface area (Å²) in [6.07, 6.45) is 2.06. The lowest BCUT2D eigenvalue weighted by Gasteiger charge is -2.35. The van der Waals surface area contributed by atoms with E-state index in [1.807, 2.05) is 42.2 Å². The number of rotatable bonds is 3. The molecule has 0 spiro atoms. The first-order valence-corrected chi connectivity index (χ1v) is 8.44. The van der Waals surface area contributed by atoms with Crippen molar-refractivity contribution in [1.29, 1.82) is 0 Å². The molecule has 0 atom stereocenters. The van der Waals surface area contributed by atoms with Gasteiger partial charge in [0, 0.05) is 26.2 Å². The Hall–Kier alpha value is -2.96. The van der Waals surface area contributed by atoms with Crippen LogP contribution in [0.2, 0.25) is 0 Å². The van der Waals surface area contributed by atoms with Gasteiger partial charge in [0.2, 0.25) is 5.91 Å². The lowest BCUT2D eigenvalue weighted by Crippen LogP contribution is -2.49. The third kappa shape index (κ3) is 3.31. The van der Waals surface area contributed by atoms with Gasteiger partial charge in [0.1, 0.15) is 12.1 Å². The van der Waals surface area contributed by atoms with E-state index in [2.05, 4.69) is 26.3 Å². The van der Waals surface area contributed by atoms with Crippen LogP contribution in [-0.4, -0.2) is 56.8 Å². The van der Waals surface area contributed by atoms with Crippen LogP contribution < -0.4 is 4.90 Å². The van der Waals surface area contributed by atoms with E-state index in [-0.39, 0.29) is 5.91 Å². The third-order valence-corrected chi connectivity index (χ3v) is 4.54. The van der Waals surface area contributed by atoms with E-state index in [1.165, 1.54) is 5.56 Å². The Morgan fingerprint density at radius 1 is 1.12 bits per heavy atom. The molecule has 0 bridgehead atoms. The number of piperazine rings is 1. The van der Waals surface area contributed by atoms with Crippen LogP contribution in [0, 0.1) is 6.92 Å². The summed E-state index contributed by atoms with van der Waals surface area (Å²) in [6, 6.07) is 12.0. The predicted octanol–water partition coefficient (Wildman–Crippen LogP) is 1.32. The van der Waals surface area contributed by atoms with Crippen molar-refractivity contribution in [1.82, 2.24) is 24.7 Å². The summed E-state index contributed by atoms with van der Waals surface area (Å²) in [4.78, 5) is 16.7. The summed E-state index contributed by atoms with van der Waals surface area (Å²) >= 11 is 0. The molecule has 1 aliphatic heterocycles. The van der Waals surface area contributed by atoms with Crippen LogP contribution in [-0.2, 0) is 11.2 Å². The number of aryl methyl sites for hydroxylation is 1. The Bertz CT molecular complexity index is 897. The zero-order chi connectivity index (χ0) is 17.2. The van der Waals surface area contributed by atoms with Crippen molar-refractivity contribution in [2.45, 2.75) is 13.3 Å². The fraction of sp³-hybridized carbons (Fsp3) is 0.333. The molecule has 0 saturated carbocycles. The van der Waals surface area contributed by atoms with Gasteiger partial charge in [-0.1, -0.05) is 29.8 Å². The molecular formula is C18H20N6O. The maximum Gasteiger partial charge on any atom is 0.227 e. The lowest BCUT2D eigenvalue weighted by molar-refractivity contribution is -0.130. The monoisotopic (exact) mass is 336 g/mol. The molecule has 1 saturated heterocycles. The van der Waals surface area contributed by atoms with Gasteiger partial charge in [-0.15, -0.1) is 15.3 Å². The first-order valence-electron chi connectivity index (χ1n) is 8.44. The van der Waals surface area contributed by atoms with Crippen molar-refractivity contribution in [2.75, 3.05) is 31.1 Å². The van der Waals surface area contributed by atoms with Crippen LogP contribution in [0.15, 0.2) is 42.7 Å². The van der Waals surface area contributed by atoms with Gasteiger partial charge < -0.3 is 9.80 Å². The number of anilines is 1. The first kappa shape index (κ1) is 15.6. The van der Waals surface area contributed by atoms with Crippen molar-refractivity contribution < 1.29 is 4.79 Å². The zero-order valence-corrected chi connectivity index (χ0v) is 14.2. The van der Waals surface area contributed by atoms with Crippen molar-refractivity contribution in [3.63, 3.8) is 0 Å². The van der Waals surface area contributed by atoms with E-state index in [4.69, 9.17) is 0 Å². The molecular weight excluding hydrogens is 316 g/mol. The van der Waals surface area contributed by atoms with Gasteiger partial charge in [-0.25, -0.2) is 0 Å². The van der Waals surface area contributed by atoms with E-state index in [1.54, 1.807) is 10.8 Å². The van der Waals surface area contributed by atoms with Crippen LogP contribution in [0.4, 0.5) is 5.82 Å². The van der Waals surface area contributed by atoms with Crippen LogP contribution in [0.3, 0.4) is 0 Å². The number of hydrogen-bond donors (Lipinski definition) is 0. The average molecular weight is 336 g/mol. The van der Waals surface area contributed by atoms with Gasteiger partial charge in [-0.3, -0.25) is 4.79 Å². The minimum absolute atomic E-state index is 0.187. The van der Waals surface area contributed by atoms with E-state index in [9.17, 15) is 4.79 Å². The molecule has 0 unspecified atom stereocenters. The van der Waals surface area contributed by atoms with Gasteiger partial charge >= 0.3 is 0 Å². The summed E-state index contributed by atoms with van der Waals surface area (Å²) < 4.78 is 1.67. The molecule has 1 amide bonds. The summed E-state index contributed by atoms with van der Waals surface area (Å²) in [7, 11) is 0. The van der Waals surface area contributed by atoms with Gasteiger partial charge in [0.15, 0.2) is 5.65 Å². The second-order valence-corrected chi connectivity index (χ2v) is 6.36. The Morgan fingerprint density at radius 3 is 2.76 bits per heavy atom. The van der Waals surface area contributed by atoms with Gasteiger partial charge in [-0.2, -0.15) is 4.52 Å². The molecule has 0 radical (unpaired) electrons. The van der Waals surface area contributed by atoms with Gasteiger partial charge in [0.25, 0.3) is 0 Å². The number of benzene rings is 1. The smallest absolute Gasteiger partial charge is 0.227 e. The molecule has 128 valence electrons. The molecule has 7 nitrogen and oxygen atoms in total. The van der Waals surface area contributed by atoms with E-state index in [0.717, 1.165) is 30.1 Å². The van der Waals surface area contributed by atoms with Crippen molar-refractivity contribution >= 4 is 17.4 Å². The molecule has 0 aliphatic carbocycles. The summed E-state index contributed by atoms with van der Waals surface area (Å²) in [5.41, 5.74) is 2.99. The third-order valence-electron chi connectivity index (χ3n) is 4.54. The molecule has 25 heavy (non-hydrogen) atoms. The van der Waals surface area contributed by atoms with Crippen LogP contribution in [0.5, 0.6) is 0 Å². The lowest BCUT2D eigenvalue weighted by atomic mass is 10.1. The zero-order valence-electron chi connectivity index (χ0n) is 14.2. The number of carbonyl (C=O) groups excluding carboxylic acids is 1. The highest BCUT2D eigenvalue weighted by atomic mass is 16.2. The van der Waals surface area contributed by atoms with Crippen molar-refractivity contribution in [3.8, 4) is 0 Å². The minimum Gasteiger partial charge on any atom is -0.352 e. The molecule has 1 aromatic carbocycles. The molecule has 2 aromatic heterocycles. The fourth-order valence-electron chi connectivity index (χ4n) is 3.18. The number of amides is 1. The summed E-state index contributed by atoms with van der Waals surface area (Å²) in [5, 5.41) is 12.3. The van der Waals surface area contributed by atoms with E-state index < -0.39 is 0 Å². The van der Waals surface area contributed by atoms with Crippen LogP contribution >= 0.6 is 0 Å².